The van der Waals surface area contributed by atoms with E-state index in [1.807, 2.05) is 24.0 Å². The Morgan fingerprint density at radius 3 is 2.92 bits per heavy atom. The van der Waals surface area contributed by atoms with Crippen molar-refractivity contribution in [3.8, 4) is 0 Å². The molecule has 0 aromatic carbocycles. The van der Waals surface area contributed by atoms with Crippen molar-refractivity contribution in [2.24, 2.45) is 7.05 Å². The third kappa shape index (κ3) is 3.49. The summed E-state index contributed by atoms with van der Waals surface area (Å²) in [6.07, 6.45) is 5.71. The van der Waals surface area contributed by atoms with E-state index < -0.39 is 0 Å². The van der Waals surface area contributed by atoms with Gasteiger partial charge in [0.1, 0.15) is 5.82 Å². The maximum absolute atomic E-state index is 4.26. The molecule has 0 saturated heterocycles. The molecule has 1 atom stereocenters. The molecule has 0 aliphatic rings. The topological polar surface area (TPSA) is 29.9 Å². The first-order valence-electron chi connectivity index (χ1n) is 4.98. The van der Waals surface area contributed by atoms with Crippen molar-refractivity contribution in [2.45, 2.75) is 39.2 Å². The Morgan fingerprint density at radius 2 is 2.38 bits per heavy atom. The van der Waals surface area contributed by atoms with Crippen molar-refractivity contribution in [1.82, 2.24) is 9.78 Å². The van der Waals surface area contributed by atoms with Gasteiger partial charge in [-0.25, -0.2) is 0 Å². The van der Waals surface area contributed by atoms with E-state index in [2.05, 4.69) is 24.3 Å². The Balaban J connectivity index is 2.31. The third-order valence-electron chi connectivity index (χ3n) is 2.10. The van der Waals surface area contributed by atoms with E-state index in [0.717, 1.165) is 5.82 Å². The van der Waals surface area contributed by atoms with E-state index in [9.17, 15) is 0 Å². The van der Waals surface area contributed by atoms with E-state index in [-0.39, 0.29) is 0 Å². The number of aryl methyl sites for hydroxylation is 1. The van der Waals surface area contributed by atoms with Gasteiger partial charge in [-0.15, -0.1) is 0 Å². The Labute approximate surface area is 80.1 Å². The third-order valence-corrected chi connectivity index (χ3v) is 2.10. The van der Waals surface area contributed by atoms with Gasteiger partial charge in [-0.3, -0.25) is 4.68 Å². The first kappa shape index (κ1) is 10.1. The zero-order chi connectivity index (χ0) is 9.68. The largest absolute Gasteiger partial charge is 0.366 e. The Bertz CT molecular complexity index is 242. The van der Waals surface area contributed by atoms with Crippen LogP contribution in [0, 0.1) is 0 Å². The van der Waals surface area contributed by atoms with E-state index in [1.165, 1.54) is 19.3 Å². The molecule has 1 rings (SSSR count). The summed E-state index contributed by atoms with van der Waals surface area (Å²) in [4.78, 5) is 0. The molecule has 13 heavy (non-hydrogen) atoms. The Kier molecular flexibility index (Phi) is 3.80. The maximum atomic E-state index is 4.26. The fourth-order valence-electron chi connectivity index (χ4n) is 1.33. The van der Waals surface area contributed by atoms with Gasteiger partial charge < -0.3 is 5.32 Å². The lowest BCUT2D eigenvalue weighted by Gasteiger charge is -2.11. The average molecular weight is 181 g/mol. The number of nitrogens with one attached hydrogen (secondary N) is 1. The molecular weight excluding hydrogens is 162 g/mol. The van der Waals surface area contributed by atoms with Gasteiger partial charge >= 0.3 is 0 Å². The lowest BCUT2D eigenvalue weighted by molar-refractivity contribution is 0.640. The molecule has 1 heterocycles. The van der Waals surface area contributed by atoms with Crippen LogP contribution in [0.25, 0.3) is 0 Å². The minimum absolute atomic E-state index is 0.523. The molecular formula is C10H19N3. The van der Waals surface area contributed by atoms with Crippen LogP contribution in [0.15, 0.2) is 12.3 Å². The van der Waals surface area contributed by atoms with Gasteiger partial charge in [0.15, 0.2) is 0 Å². The second-order valence-electron chi connectivity index (χ2n) is 3.56. The average Bonchev–Trinajstić information content (AvgIpc) is 2.48. The highest BCUT2D eigenvalue weighted by Crippen LogP contribution is 2.07. The fraction of sp³-hybridized carbons (Fsp3) is 0.700. The van der Waals surface area contributed by atoms with Gasteiger partial charge in [0.05, 0.1) is 0 Å². The van der Waals surface area contributed by atoms with Crippen molar-refractivity contribution in [1.29, 1.82) is 0 Å². The predicted octanol–water partition coefficient (Wildman–Crippen LogP) is 2.41. The summed E-state index contributed by atoms with van der Waals surface area (Å²) < 4.78 is 1.81. The number of nitrogens with zero attached hydrogens (tertiary/aromatic N) is 2. The molecule has 1 aromatic rings. The van der Waals surface area contributed by atoms with Crippen LogP contribution in [-0.4, -0.2) is 15.8 Å². The Morgan fingerprint density at radius 1 is 1.62 bits per heavy atom. The molecule has 0 amide bonds. The summed E-state index contributed by atoms with van der Waals surface area (Å²) in [6, 6.07) is 2.53. The zero-order valence-corrected chi connectivity index (χ0v) is 8.75. The molecule has 3 heteroatoms. The smallest absolute Gasteiger partial charge is 0.148 e. The molecule has 0 saturated carbocycles. The molecule has 74 valence electrons. The van der Waals surface area contributed by atoms with Crippen molar-refractivity contribution < 1.29 is 0 Å². The van der Waals surface area contributed by atoms with Gasteiger partial charge in [-0.1, -0.05) is 19.8 Å². The van der Waals surface area contributed by atoms with E-state index in [1.54, 1.807) is 0 Å². The molecule has 1 aromatic heterocycles. The van der Waals surface area contributed by atoms with Crippen LogP contribution in [0.3, 0.4) is 0 Å². The summed E-state index contributed by atoms with van der Waals surface area (Å²) in [7, 11) is 1.93. The molecule has 0 radical (unpaired) electrons. The van der Waals surface area contributed by atoms with Crippen molar-refractivity contribution in [2.75, 3.05) is 5.32 Å². The molecule has 0 aliphatic heterocycles. The van der Waals surface area contributed by atoms with Crippen molar-refractivity contribution in [3.63, 3.8) is 0 Å². The molecule has 3 nitrogen and oxygen atoms in total. The summed E-state index contributed by atoms with van der Waals surface area (Å²) in [5.41, 5.74) is 0. The normalized spacial score (nSPS) is 12.8. The van der Waals surface area contributed by atoms with E-state index in [0.29, 0.717) is 6.04 Å². The quantitative estimate of drug-likeness (QED) is 0.756. The highest BCUT2D eigenvalue weighted by molar-refractivity contribution is 5.32. The highest BCUT2D eigenvalue weighted by atomic mass is 15.3. The summed E-state index contributed by atoms with van der Waals surface area (Å²) in [6.45, 7) is 4.41. The first-order chi connectivity index (χ1) is 6.22. The van der Waals surface area contributed by atoms with Gasteiger partial charge in [0, 0.05) is 25.4 Å². The number of rotatable bonds is 5. The zero-order valence-electron chi connectivity index (χ0n) is 8.75. The van der Waals surface area contributed by atoms with Crippen LogP contribution < -0.4 is 5.32 Å². The number of aromatic nitrogens is 2. The number of unbranched alkanes of at least 4 members (excludes halogenated alkanes) is 1. The van der Waals surface area contributed by atoms with Gasteiger partial charge in [-0.2, -0.15) is 5.10 Å². The monoisotopic (exact) mass is 181 g/mol. The molecule has 0 bridgehead atoms. The highest BCUT2D eigenvalue weighted by Gasteiger charge is 2.02. The van der Waals surface area contributed by atoms with Crippen LogP contribution in [0.2, 0.25) is 0 Å². The van der Waals surface area contributed by atoms with Crippen molar-refractivity contribution >= 4 is 5.82 Å². The molecule has 1 N–H and O–H groups in total. The number of anilines is 1. The standard InChI is InChI=1S/C10H19N3/c1-4-5-6-9(2)11-10-7-8-13(3)12-10/h7-9H,4-6H2,1-3H3,(H,11,12). The second kappa shape index (κ2) is 4.90. The number of hydrogen-bond acceptors (Lipinski definition) is 2. The molecule has 0 spiro atoms. The van der Waals surface area contributed by atoms with Crippen LogP contribution in [0.1, 0.15) is 33.1 Å². The van der Waals surface area contributed by atoms with E-state index >= 15 is 0 Å². The molecule has 0 aliphatic carbocycles. The van der Waals surface area contributed by atoms with E-state index in [4.69, 9.17) is 0 Å². The SMILES string of the molecule is CCCCC(C)Nc1ccn(C)n1. The minimum atomic E-state index is 0.523. The minimum Gasteiger partial charge on any atom is -0.366 e. The van der Waals surface area contributed by atoms with Crippen LogP contribution >= 0.6 is 0 Å². The maximum Gasteiger partial charge on any atom is 0.148 e. The van der Waals surface area contributed by atoms with Crippen LogP contribution in [0.4, 0.5) is 5.82 Å². The summed E-state index contributed by atoms with van der Waals surface area (Å²) >= 11 is 0. The summed E-state index contributed by atoms with van der Waals surface area (Å²) in [5, 5.41) is 7.63. The van der Waals surface area contributed by atoms with Gasteiger partial charge in [0.25, 0.3) is 0 Å². The second-order valence-corrected chi connectivity index (χ2v) is 3.56. The van der Waals surface area contributed by atoms with Crippen LogP contribution in [-0.2, 0) is 7.05 Å². The first-order valence-corrected chi connectivity index (χ1v) is 4.98. The van der Waals surface area contributed by atoms with Gasteiger partial charge in [-0.05, 0) is 13.3 Å². The van der Waals surface area contributed by atoms with Crippen molar-refractivity contribution in [3.05, 3.63) is 12.3 Å². The molecule has 0 fully saturated rings. The Hall–Kier alpha value is -0.990. The fourth-order valence-corrected chi connectivity index (χ4v) is 1.33. The molecule has 1 unspecified atom stereocenters. The number of hydrogen-bond donors (Lipinski definition) is 1. The summed E-state index contributed by atoms with van der Waals surface area (Å²) in [5.74, 6) is 0.978. The predicted molar refractivity (Wildman–Crippen MR) is 55.8 cm³/mol. The lowest BCUT2D eigenvalue weighted by Crippen LogP contribution is -2.15. The van der Waals surface area contributed by atoms with Gasteiger partial charge in [0.2, 0.25) is 0 Å². The van der Waals surface area contributed by atoms with Crippen LogP contribution in [0.5, 0.6) is 0 Å². The lowest BCUT2D eigenvalue weighted by atomic mass is 10.1.